The highest BCUT2D eigenvalue weighted by Crippen LogP contribution is 2.28. The lowest BCUT2D eigenvalue weighted by Gasteiger charge is -2.23. The molecule has 0 bridgehead atoms. The number of nitrogens with one attached hydrogen (secondary N) is 1. The summed E-state index contributed by atoms with van der Waals surface area (Å²) in [6.07, 6.45) is 1.14. The van der Waals surface area contributed by atoms with Crippen molar-refractivity contribution in [3.8, 4) is 0 Å². The second kappa shape index (κ2) is 5.49. The SMILES string of the molecule is CNC(=O)C1CCCN1S(=O)(=O)c1ccc(F)cc1C. The Kier molecular flexibility index (Phi) is 4.10. The van der Waals surface area contributed by atoms with Crippen LogP contribution in [0, 0.1) is 12.7 Å². The monoisotopic (exact) mass is 300 g/mol. The lowest BCUT2D eigenvalue weighted by molar-refractivity contribution is -0.123. The number of carbonyl (C=O) groups excluding carboxylic acids is 1. The zero-order valence-corrected chi connectivity index (χ0v) is 12.2. The Labute approximate surface area is 117 Å². The van der Waals surface area contributed by atoms with Crippen LogP contribution in [0.5, 0.6) is 0 Å². The maximum Gasteiger partial charge on any atom is 0.244 e. The van der Waals surface area contributed by atoms with Crippen molar-refractivity contribution in [2.24, 2.45) is 0 Å². The molecule has 0 aliphatic carbocycles. The van der Waals surface area contributed by atoms with Crippen LogP contribution < -0.4 is 5.32 Å². The van der Waals surface area contributed by atoms with Crippen LogP contribution in [0.3, 0.4) is 0 Å². The number of aryl methyl sites for hydroxylation is 1. The van der Waals surface area contributed by atoms with Crippen molar-refractivity contribution in [3.63, 3.8) is 0 Å². The molecule has 1 N–H and O–H groups in total. The standard InChI is InChI=1S/C13H17FN2O3S/c1-9-8-10(14)5-6-12(9)20(18,19)16-7-3-4-11(16)13(17)15-2/h5-6,8,11H,3-4,7H2,1-2H3,(H,15,17). The van der Waals surface area contributed by atoms with E-state index in [1.54, 1.807) is 6.92 Å². The van der Waals surface area contributed by atoms with E-state index in [0.717, 1.165) is 6.07 Å². The molecule has 0 saturated carbocycles. The Morgan fingerprint density at radius 1 is 1.45 bits per heavy atom. The van der Waals surface area contributed by atoms with Crippen LogP contribution >= 0.6 is 0 Å². The normalized spacial score (nSPS) is 20.1. The highest BCUT2D eigenvalue weighted by atomic mass is 32.2. The molecule has 1 amide bonds. The zero-order valence-electron chi connectivity index (χ0n) is 11.4. The molecule has 1 aliphatic heterocycles. The molecule has 0 aromatic heterocycles. The van der Waals surface area contributed by atoms with Crippen molar-refractivity contribution >= 4 is 15.9 Å². The fraction of sp³-hybridized carbons (Fsp3) is 0.462. The molecule has 1 heterocycles. The Morgan fingerprint density at radius 3 is 2.75 bits per heavy atom. The number of nitrogens with zero attached hydrogens (tertiary/aromatic N) is 1. The molecule has 1 aromatic carbocycles. The number of likely N-dealkylation sites (N-methyl/N-ethyl adjacent to an activating group) is 1. The first-order valence-electron chi connectivity index (χ1n) is 6.37. The molecule has 2 rings (SSSR count). The van der Waals surface area contributed by atoms with Crippen LogP contribution in [-0.4, -0.2) is 38.3 Å². The fourth-order valence-corrected chi connectivity index (χ4v) is 4.35. The van der Waals surface area contributed by atoms with Crippen molar-refractivity contribution in [3.05, 3.63) is 29.6 Å². The van der Waals surface area contributed by atoms with E-state index in [1.807, 2.05) is 0 Å². The maximum absolute atomic E-state index is 13.1. The van der Waals surface area contributed by atoms with Gasteiger partial charge in [0.1, 0.15) is 11.9 Å². The predicted molar refractivity (Wildman–Crippen MR) is 72.1 cm³/mol. The number of rotatable bonds is 3. The lowest BCUT2D eigenvalue weighted by Crippen LogP contribution is -2.44. The summed E-state index contributed by atoms with van der Waals surface area (Å²) >= 11 is 0. The van der Waals surface area contributed by atoms with Crippen molar-refractivity contribution in [2.45, 2.75) is 30.7 Å². The van der Waals surface area contributed by atoms with E-state index in [9.17, 15) is 17.6 Å². The highest BCUT2D eigenvalue weighted by Gasteiger charge is 2.39. The quantitative estimate of drug-likeness (QED) is 0.907. The Morgan fingerprint density at radius 2 is 2.15 bits per heavy atom. The van der Waals surface area contributed by atoms with Crippen LogP contribution in [0.2, 0.25) is 0 Å². The molecule has 5 nitrogen and oxygen atoms in total. The molecule has 1 fully saturated rings. The Balaban J connectivity index is 2.41. The number of carbonyl (C=O) groups is 1. The largest absolute Gasteiger partial charge is 0.358 e. The van der Waals surface area contributed by atoms with Gasteiger partial charge in [0.15, 0.2) is 0 Å². The number of sulfonamides is 1. The van der Waals surface area contributed by atoms with Gasteiger partial charge in [-0.25, -0.2) is 12.8 Å². The number of hydrogen-bond acceptors (Lipinski definition) is 3. The van der Waals surface area contributed by atoms with Gasteiger partial charge in [-0.05, 0) is 43.5 Å². The molecular weight excluding hydrogens is 283 g/mol. The van der Waals surface area contributed by atoms with E-state index in [1.165, 1.54) is 23.5 Å². The molecule has 1 unspecified atom stereocenters. The van der Waals surface area contributed by atoms with Crippen LogP contribution in [0.15, 0.2) is 23.1 Å². The van der Waals surface area contributed by atoms with E-state index in [-0.39, 0.29) is 10.8 Å². The van der Waals surface area contributed by atoms with E-state index >= 15 is 0 Å². The maximum atomic E-state index is 13.1. The summed E-state index contributed by atoms with van der Waals surface area (Å²) in [6, 6.07) is 2.86. The van der Waals surface area contributed by atoms with Gasteiger partial charge in [0.25, 0.3) is 0 Å². The second-order valence-corrected chi connectivity index (χ2v) is 6.66. The number of amides is 1. The third-order valence-corrected chi connectivity index (χ3v) is 5.54. The van der Waals surface area contributed by atoms with Crippen LogP contribution in [0.25, 0.3) is 0 Å². The molecule has 0 radical (unpaired) electrons. The highest BCUT2D eigenvalue weighted by molar-refractivity contribution is 7.89. The molecule has 20 heavy (non-hydrogen) atoms. The van der Waals surface area contributed by atoms with Gasteiger partial charge in [0.2, 0.25) is 15.9 Å². The average Bonchev–Trinajstić information content (AvgIpc) is 2.87. The summed E-state index contributed by atoms with van der Waals surface area (Å²) in [7, 11) is -2.30. The number of halogens is 1. The third-order valence-electron chi connectivity index (χ3n) is 3.48. The van der Waals surface area contributed by atoms with Crippen molar-refractivity contribution in [1.29, 1.82) is 0 Å². The molecule has 7 heteroatoms. The molecule has 0 spiro atoms. The van der Waals surface area contributed by atoms with Gasteiger partial charge in [0.05, 0.1) is 4.90 Å². The van der Waals surface area contributed by atoms with E-state index in [2.05, 4.69) is 5.32 Å². The summed E-state index contributed by atoms with van der Waals surface area (Å²) in [6.45, 7) is 1.85. The Bertz CT molecular complexity index is 631. The summed E-state index contributed by atoms with van der Waals surface area (Å²) in [5.74, 6) is -0.795. The van der Waals surface area contributed by atoms with Crippen LogP contribution in [0.4, 0.5) is 4.39 Å². The van der Waals surface area contributed by atoms with Gasteiger partial charge < -0.3 is 5.32 Å². The van der Waals surface area contributed by atoms with Gasteiger partial charge >= 0.3 is 0 Å². The number of benzene rings is 1. The van der Waals surface area contributed by atoms with Crippen LogP contribution in [-0.2, 0) is 14.8 Å². The fourth-order valence-electron chi connectivity index (χ4n) is 2.49. The van der Waals surface area contributed by atoms with Crippen molar-refractivity contribution in [2.75, 3.05) is 13.6 Å². The minimum Gasteiger partial charge on any atom is -0.358 e. The molecular formula is C13H17FN2O3S. The predicted octanol–water partition coefficient (Wildman–Crippen LogP) is 1.03. The molecule has 1 saturated heterocycles. The van der Waals surface area contributed by atoms with E-state index < -0.39 is 21.9 Å². The lowest BCUT2D eigenvalue weighted by atomic mass is 10.2. The first kappa shape index (κ1) is 14.9. The van der Waals surface area contributed by atoms with Crippen molar-refractivity contribution < 1.29 is 17.6 Å². The number of hydrogen-bond donors (Lipinski definition) is 1. The smallest absolute Gasteiger partial charge is 0.244 e. The van der Waals surface area contributed by atoms with Gasteiger partial charge in [-0.2, -0.15) is 4.31 Å². The zero-order chi connectivity index (χ0) is 14.9. The average molecular weight is 300 g/mol. The third kappa shape index (κ3) is 2.55. The van der Waals surface area contributed by atoms with E-state index in [0.29, 0.717) is 24.9 Å². The van der Waals surface area contributed by atoms with Crippen molar-refractivity contribution in [1.82, 2.24) is 9.62 Å². The van der Waals surface area contributed by atoms with E-state index in [4.69, 9.17) is 0 Å². The first-order chi connectivity index (χ1) is 9.37. The first-order valence-corrected chi connectivity index (χ1v) is 7.81. The summed E-state index contributed by atoms with van der Waals surface area (Å²) in [5, 5.41) is 2.48. The Hall–Kier alpha value is -1.47. The molecule has 1 aliphatic rings. The molecule has 110 valence electrons. The summed E-state index contributed by atoms with van der Waals surface area (Å²) < 4.78 is 39.5. The summed E-state index contributed by atoms with van der Waals surface area (Å²) in [4.78, 5) is 11.8. The molecule has 1 atom stereocenters. The van der Waals surface area contributed by atoms with Gasteiger partial charge in [-0.15, -0.1) is 0 Å². The topological polar surface area (TPSA) is 66.5 Å². The second-order valence-electron chi connectivity index (χ2n) is 4.80. The van der Waals surface area contributed by atoms with Gasteiger partial charge in [0, 0.05) is 13.6 Å². The molecule has 1 aromatic rings. The van der Waals surface area contributed by atoms with Gasteiger partial charge in [-0.3, -0.25) is 4.79 Å². The van der Waals surface area contributed by atoms with Crippen LogP contribution in [0.1, 0.15) is 18.4 Å². The van der Waals surface area contributed by atoms with Gasteiger partial charge in [-0.1, -0.05) is 0 Å². The minimum absolute atomic E-state index is 0.0507. The minimum atomic E-state index is -3.78. The summed E-state index contributed by atoms with van der Waals surface area (Å²) in [5.41, 5.74) is 0.340.